The third kappa shape index (κ3) is 3.56. The molecular formula is C14H8BrCl2FO. The molecule has 2 rings (SSSR count). The molecule has 0 spiro atoms. The second-order valence-electron chi connectivity index (χ2n) is 3.98. The summed E-state index contributed by atoms with van der Waals surface area (Å²) in [6, 6.07) is 9.22. The van der Waals surface area contributed by atoms with Crippen molar-refractivity contribution in [3.8, 4) is 0 Å². The standard InChI is InChI=1S/C14H8BrCl2FO/c15-9-4-8(5-10(18)7-9)6-13(19)11-2-1-3-12(16)14(11)17/h1-5,7H,6H2. The van der Waals surface area contributed by atoms with Gasteiger partial charge >= 0.3 is 0 Å². The quantitative estimate of drug-likeness (QED) is 0.676. The van der Waals surface area contributed by atoms with Crippen LogP contribution in [0.15, 0.2) is 40.9 Å². The number of carbonyl (C=O) groups excluding carboxylic acids is 1. The highest BCUT2D eigenvalue weighted by Crippen LogP contribution is 2.27. The van der Waals surface area contributed by atoms with Gasteiger partial charge in [-0.3, -0.25) is 4.79 Å². The van der Waals surface area contributed by atoms with E-state index in [9.17, 15) is 9.18 Å². The average molecular weight is 362 g/mol. The Hall–Kier alpha value is -0.900. The Morgan fingerprint density at radius 2 is 1.95 bits per heavy atom. The molecule has 0 aromatic heterocycles. The molecule has 0 N–H and O–H groups in total. The SMILES string of the molecule is O=C(Cc1cc(F)cc(Br)c1)c1cccc(Cl)c1Cl. The fraction of sp³-hybridized carbons (Fsp3) is 0.0714. The third-order valence-electron chi connectivity index (χ3n) is 2.54. The molecule has 0 unspecified atom stereocenters. The van der Waals surface area contributed by atoms with Crippen LogP contribution in [0.2, 0.25) is 10.0 Å². The smallest absolute Gasteiger partial charge is 0.168 e. The predicted octanol–water partition coefficient (Wildman–Crippen LogP) is 5.32. The zero-order chi connectivity index (χ0) is 14.0. The van der Waals surface area contributed by atoms with Crippen molar-refractivity contribution in [2.24, 2.45) is 0 Å². The van der Waals surface area contributed by atoms with Crippen molar-refractivity contribution < 1.29 is 9.18 Å². The van der Waals surface area contributed by atoms with E-state index in [0.29, 0.717) is 20.6 Å². The highest BCUT2D eigenvalue weighted by atomic mass is 79.9. The van der Waals surface area contributed by atoms with Gasteiger partial charge in [-0.2, -0.15) is 0 Å². The minimum atomic E-state index is -0.394. The Balaban J connectivity index is 2.28. The Bertz CT molecular complexity index is 623. The van der Waals surface area contributed by atoms with Gasteiger partial charge in [0.15, 0.2) is 5.78 Å². The third-order valence-corrected chi connectivity index (χ3v) is 3.82. The van der Waals surface area contributed by atoms with Crippen LogP contribution in [-0.4, -0.2) is 5.78 Å². The van der Waals surface area contributed by atoms with Crippen LogP contribution in [0.3, 0.4) is 0 Å². The molecule has 0 radical (unpaired) electrons. The van der Waals surface area contributed by atoms with E-state index in [1.54, 1.807) is 24.3 Å². The maximum Gasteiger partial charge on any atom is 0.168 e. The molecule has 0 heterocycles. The first-order chi connectivity index (χ1) is 8.97. The number of hydrogen-bond acceptors (Lipinski definition) is 1. The van der Waals surface area contributed by atoms with Crippen molar-refractivity contribution in [3.05, 3.63) is 67.9 Å². The fourth-order valence-electron chi connectivity index (χ4n) is 1.71. The molecule has 5 heteroatoms. The van der Waals surface area contributed by atoms with E-state index in [-0.39, 0.29) is 17.2 Å². The monoisotopic (exact) mass is 360 g/mol. The summed E-state index contributed by atoms with van der Waals surface area (Å²) in [4.78, 5) is 12.1. The van der Waals surface area contributed by atoms with E-state index in [2.05, 4.69) is 15.9 Å². The molecule has 0 amide bonds. The molecule has 19 heavy (non-hydrogen) atoms. The van der Waals surface area contributed by atoms with Crippen molar-refractivity contribution in [3.63, 3.8) is 0 Å². The molecule has 98 valence electrons. The van der Waals surface area contributed by atoms with Crippen LogP contribution < -0.4 is 0 Å². The molecule has 0 bridgehead atoms. The summed E-state index contributed by atoms with van der Waals surface area (Å²) in [5.41, 5.74) is 0.919. The van der Waals surface area contributed by atoms with Gasteiger partial charge in [0, 0.05) is 16.5 Å². The molecule has 1 nitrogen and oxygen atoms in total. The Kier molecular flexibility index (Phi) is 4.61. The number of halogens is 4. The maximum absolute atomic E-state index is 13.2. The Morgan fingerprint density at radius 3 is 2.63 bits per heavy atom. The highest BCUT2D eigenvalue weighted by molar-refractivity contribution is 9.10. The topological polar surface area (TPSA) is 17.1 Å². The summed E-state index contributed by atoms with van der Waals surface area (Å²) in [6.07, 6.45) is 0.0659. The molecular weight excluding hydrogens is 354 g/mol. The first-order valence-electron chi connectivity index (χ1n) is 5.39. The summed E-state index contributed by atoms with van der Waals surface area (Å²) in [6.45, 7) is 0. The first kappa shape index (κ1) is 14.5. The van der Waals surface area contributed by atoms with Gasteiger partial charge < -0.3 is 0 Å². The summed E-state index contributed by atoms with van der Waals surface area (Å²) in [7, 11) is 0. The minimum Gasteiger partial charge on any atom is -0.294 e. The van der Waals surface area contributed by atoms with Crippen LogP contribution in [0.25, 0.3) is 0 Å². The number of carbonyl (C=O) groups is 1. The predicted molar refractivity (Wildman–Crippen MR) is 78.6 cm³/mol. The van der Waals surface area contributed by atoms with Gasteiger partial charge in [-0.1, -0.05) is 45.2 Å². The van der Waals surface area contributed by atoms with Crippen LogP contribution >= 0.6 is 39.1 Å². The largest absolute Gasteiger partial charge is 0.294 e. The van der Waals surface area contributed by atoms with Crippen LogP contribution in [0, 0.1) is 5.82 Å². The van der Waals surface area contributed by atoms with Crippen molar-refractivity contribution in [2.45, 2.75) is 6.42 Å². The van der Waals surface area contributed by atoms with Gasteiger partial charge in [0.05, 0.1) is 10.0 Å². The van der Waals surface area contributed by atoms with Gasteiger partial charge in [0.25, 0.3) is 0 Å². The van der Waals surface area contributed by atoms with E-state index in [0.717, 1.165) is 0 Å². The highest BCUT2D eigenvalue weighted by Gasteiger charge is 2.13. The molecule has 0 fully saturated rings. The number of Topliss-reactive ketones (excluding diaryl/α,β-unsaturated/α-hetero) is 1. The molecule has 0 aliphatic carbocycles. The van der Waals surface area contributed by atoms with Gasteiger partial charge in [0.2, 0.25) is 0 Å². The number of hydrogen-bond donors (Lipinski definition) is 0. The van der Waals surface area contributed by atoms with Crippen LogP contribution in [0.4, 0.5) is 4.39 Å². The molecule has 0 aliphatic heterocycles. The lowest BCUT2D eigenvalue weighted by Crippen LogP contribution is -2.05. The van der Waals surface area contributed by atoms with Gasteiger partial charge in [-0.15, -0.1) is 0 Å². The van der Waals surface area contributed by atoms with E-state index < -0.39 is 5.82 Å². The van der Waals surface area contributed by atoms with Gasteiger partial charge in [-0.05, 0) is 35.9 Å². The molecule has 0 saturated carbocycles. The van der Waals surface area contributed by atoms with Crippen molar-refractivity contribution in [1.29, 1.82) is 0 Å². The van der Waals surface area contributed by atoms with E-state index in [1.807, 2.05) is 0 Å². The van der Waals surface area contributed by atoms with E-state index in [1.165, 1.54) is 12.1 Å². The molecule has 0 aliphatic rings. The summed E-state index contributed by atoms with van der Waals surface area (Å²) in [5, 5.41) is 0.553. The Morgan fingerprint density at radius 1 is 1.21 bits per heavy atom. The molecule has 2 aromatic rings. The Labute approximate surface area is 128 Å². The molecule has 0 atom stereocenters. The lowest BCUT2D eigenvalue weighted by molar-refractivity contribution is 0.0993. The maximum atomic E-state index is 13.2. The lowest BCUT2D eigenvalue weighted by Gasteiger charge is -2.06. The number of rotatable bonds is 3. The van der Waals surface area contributed by atoms with Crippen LogP contribution in [0.1, 0.15) is 15.9 Å². The van der Waals surface area contributed by atoms with E-state index in [4.69, 9.17) is 23.2 Å². The van der Waals surface area contributed by atoms with Crippen molar-refractivity contribution >= 4 is 44.9 Å². The van der Waals surface area contributed by atoms with Crippen LogP contribution in [0.5, 0.6) is 0 Å². The normalized spacial score (nSPS) is 10.5. The molecule has 2 aromatic carbocycles. The van der Waals surface area contributed by atoms with Crippen molar-refractivity contribution in [1.82, 2.24) is 0 Å². The zero-order valence-corrected chi connectivity index (χ0v) is 12.7. The second kappa shape index (κ2) is 6.04. The van der Waals surface area contributed by atoms with Crippen molar-refractivity contribution in [2.75, 3.05) is 0 Å². The second-order valence-corrected chi connectivity index (χ2v) is 5.68. The summed E-state index contributed by atoms with van der Waals surface area (Å²) >= 11 is 15.0. The van der Waals surface area contributed by atoms with Gasteiger partial charge in [0.1, 0.15) is 5.82 Å². The van der Waals surface area contributed by atoms with E-state index >= 15 is 0 Å². The number of ketones is 1. The zero-order valence-electron chi connectivity index (χ0n) is 9.59. The fourth-order valence-corrected chi connectivity index (χ4v) is 2.63. The summed E-state index contributed by atoms with van der Waals surface area (Å²) in [5.74, 6) is -0.598. The summed E-state index contributed by atoms with van der Waals surface area (Å²) < 4.78 is 13.8. The minimum absolute atomic E-state index is 0.0659. The molecule has 0 saturated heterocycles. The average Bonchev–Trinajstić information content (AvgIpc) is 2.31. The van der Waals surface area contributed by atoms with Crippen LogP contribution in [-0.2, 0) is 6.42 Å². The van der Waals surface area contributed by atoms with Gasteiger partial charge in [-0.25, -0.2) is 4.39 Å². The first-order valence-corrected chi connectivity index (χ1v) is 6.94. The number of benzene rings is 2. The lowest BCUT2D eigenvalue weighted by atomic mass is 10.0.